The van der Waals surface area contributed by atoms with Crippen LogP contribution in [0.15, 0.2) is 140 Å². The third-order valence-corrected chi connectivity index (χ3v) is 8.54. The Morgan fingerprint density at radius 3 is 1.67 bits per heavy atom. The predicted octanol–water partition coefficient (Wildman–Crippen LogP) is 10.8. The van der Waals surface area contributed by atoms with Gasteiger partial charge in [0.25, 0.3) is 0 Å². The number of benzene rings is 6. The second kappa shape index (κ2) is 10.0. The van der Waals surface area contributed by atoms with E-state index in [0.29, 0.717) is 0 Å². The Labute approximate surface area is 245 Å². The van der Waals surface area contributed by atoms with E-state index in [0.717, 1.165) is 35.3 Å². The topological polar surface area (TPSA) is 17.8 Å². The molecule has 0 aliphatic heterocycles. The van der Waals surface area contributed by atoms with Crippen LogP contribution in [0.3, 0.4) is 0 Å². The Morgan fingerprint density at radius 2 is 1.10 bits per heavy atom. The summed E-state index contributed by atoms with van der Waals surface area (Å²) in [5.74, 6) is 0.994. The Morgan fingerprint density at radius 1 is 0.571 bits per heavy atom. The van der Waals surface area contributed by atoms with E-state index in [-0.39, 0.29) is 0 Å². The van der Waals surface area contributed by atoms with Gasteiger partial charge in [-0.3, -0.25) is 4.57 Å². The Hall–Kier alpha value is -5.21. The molecule has 0 amide bonds. The first-order valence-electron chi connectivity index (χ1n) is 14.7. The molecule has 2 heteroatoms. The average molecular weight is 539 g/mol. The highest BCUT2D eigenvalue weighted by atomic mass is 15.1. The zero-order chi connectivity index (χ0) is 28.0. The number of imidazole rings is 1. The van der Waals surface area contributed by atoms with Crippen LogP contribution >= 0.6 is 0 Å². The molecule has 7 aromatic rings. The van der Waals surface area contributed by atoms with Crippen molar-refractivity contribution in [2.75, 3.05) is 0 Å². The lowest BCUT2D eigenvalue weighted by molar-refractivity contribution is 0.960. The van der Waals surface area contributed by atoms with Gasteiger partial charge in [-0.2, -0.15) is 0 Å². The van der Waals surface area contributed by atoms with Crippen LogP contribution in [0, 0.1) is 6.92 Å². The smallest absolute Gasteiger partial charge is 0.145 e. The van der Waals surface area contributed by atoms with Gasteiger partial charge in [-0.25, -0.2) is 4.98 Å². The number of hydrogen-bond donors (Lipinski definition) is 0. The second-order valence-electron chi connectivity index (χ2n) is 11.2. The third kappa shape index (κ3) is 3.99. The maximum absolute atomic E-state index is 5.11. The molecule has 42 heavy (non-hydrogen) atoms. The van der Waals surface area contributed by atoms with Gasteiger partial charge in [-0.1, -0.05) is 127 Å². The number of rotatable bonds is 4. The molecule has 0 saturated carbocycles. The normalized spacial score (nSPS) is 13.2. The first-order valence-corrected chi connectivity index (χ1v) is 14.7. The lowest BCUT2D eigenvalue weighted by Crippen LogP contribution is -2.01. The summed E-state index contributed by atoms with van der Waals surface area (Å²) >= 11 is 0. The van der Waals surface area contributed by atoms with Crippen LogP contribution in [-0.2, 0) is 0 Å². The van der Waals surface area contributed by atoms with Crippen LogP contribution in [-0.4, -0.2) is 9.55 Å². The third-order valence-electron chi connectivity index (χ3n) is 8.54. The molecule has 0 saturated heterocycles. The molecule has 0 N–H and O–H groups in total. The lowest BCUT2D eigenvalue weighted by Gasteiger charge is -2.18. The van der Waals surface area contributed by atoms with Crippen LogP contribution in [0.1, 0.15) is 18.4 Å². The fourth-order valence-corrected chi connectivity index (χ4v) is 6.54. The summed E-state index contributed by atoms with van der Waals surface area (Å²) in [5.41, 5.74) is 10.9. The van der Waals surface area contributed by atoms with Gasteiger partial charge in [0.2, 0.25) is 0 Å². The van der Waals surface area contributed by atoms with Crippen molar-refractivity contribution in [3.63, 3.8) is 0 Å². The standard InChI is InChI=1S/C40H30N2/c1-27-19-21-28(22-20-27)38-32-13-5-7-15-34(32)39(35-16-8-6-14-33(35)38)29-23-25-30(26-24-29)40-41-36-17-9-10-18-37(36)42(40)31-11-3-2-4-12-31/h2-3,5-11,13-26H,4,12H2,1H3. The molecule has 2 nitrogen and oxygen atoms in total. The maximum Gasteiger partial charge on any atom is 0.145 e. The number of para-hydroxylation sites is 2. The van der Waals surface area contributed by atoms with Gasteiger partial charge >= 0.3 is 0 Å². The highest BCUT2D eigenvalue weighted by Crippen LogP contribution is 2.44. The minimum absolute atomic E-state index is 0.994. The average Bonchev–Trinajstić information content (AvgIpc) is 3.44. The van der Waals surface area contributed by atoms with Crippen molar-refractivity contribution in [1.82, 2.24) is 9.55 Å². The molecule has 1 aromatic heterocycles. The van der Waals surface area contributed by atoms with Crippen molar-refractivity contribution < 1.29 is 0 Å². The number of aromatic nitrogens is 2. The van der Waals surface area contributed by atoms with Crippen molar-refractivity contribution in [2.45, 2.75) is 19.8 Å². The van der Waals surface area contributed by atoms with Gasteiger partial charge < -0.3 is 0 Å². The van der Waals surface area contributed by atoms with Gasteiger partial charge in [0, 0.05) is 11.3 Å². The van der Waals surface area contributed by atoms with Gasteiger partial charge in [-0.15, -0.1) is 0 Å². The zero-order valence-corrected chi connectivity index (χ0v) is 23.6. The zero-order valence-electron chi connectivity index (χ0n) is 23.6. The fourth-order valence-electron chi connectivity index (χ4n) is 6.54. The maximum atomic E-state index is 5.11. The molecule has 8 rings (SSSR count). The van der Waals surface area contributed by atoms with Gasteiger partial charge in [0.1, 0.15) is 5.82 Å². The molecule has 0 bridgehead atoms. The molecule has 6 aromatic carbocycles. The number of aryl methyl sites for hydroxylation is 1. The van der Waals surface area contributed by atoms with Crippen LogP contribution in [0.25, 0.3) is 71.9 Å². The van der Waals surface area contributed by atoms with Crippen LogP contribution < -0.4 is 0 Å². The molecule has 0 spiro atoms. The van der Waals surface area contributed by atoms with Gasteiger partial charge in [0.15, 0.2) is 0 Å². The van der Waals surface area contributed by atoms with Crippen molar-refractivity contribution in [3.8, 4) is 33.6 Å². The van der Waals surface area contributed by atoms with E-state index in [1.54, 1.807) is 0 Å². The number of hydrogen-bond acceptors (Lipinski definition) is 1. The summed E-state index contributed by atoms with van der Waals surface area (Å²) in [5, 5.41) is 5.09. The minimum Gasteiger partial charge on any atom is -0.296 e. The first kappa shape index (κ1) is 24.6. The van der Waals surface area contributed by atoms with E-state index in [9.17, 15) is 0 Å². The second-order valence-corrected chi connectivity index (χ2v) is 11.2. The highest BCUT2D eigenvalue weighted by molar-refractivity contribution is 6.21. The molecule has 0 unspecified atom stereocenters. The van der Waals surface area contributed by atoms with E-state index < -0.39 is 0 Å². The van der Waals surface area contributed by atoms with Crippen molar-refractivity contribution in [3.05, 3.63) is 145 Å². The van der Waals surface area contributed by atoms with Gasteiger partial charge in [-0.05, 0) is 81.8 Å². The quantitative estimate of drug-likeness (QED) is 0.204. The Balaban J connectivity index is 1.33. The number of nitrogens with zero attached hydrogens (tertiary/aromatic N) is 2. The SMILES string of the molecule is Cc1ccc(-c2c3ccccc3c(-c3ccc(-c4nc5ccccc5n4C4=CC=CCC4)cc3)c3ccccc23)cc1. The molecule has 0 atom stereocenters. The van der Waals surface area contributed by atoms with Crippen LogP contribution in [0.5, 0.6) is 0 Å². The number of allylic oxidation sites excluding steroid dienone is 4. The van der Waals surface area contributed by atoms with E-state index in [2.05, 4.69) is 151 Å². The van der Waals surface area contributed by atoms with Crippen molar-refractivity contribution in [2.24, 2.45) is 0 Å². The van der Waals surface area contributed by atoms with Crippen LogP contribution in [0.4, 0.5) is 0 Å². The molecule has 0 fully saturated rings. The molecular formula is C40H30N2. The molecule has 1 aliphatic rings. The fraction of sp³-hybridized carbons (Fsp3) is 0.0750. The summed E-state index contributed by atoms with van der Waals surface area (Å²) in [4.78, 5) is 5.11. The highest BCUT2D eigenvalue weighted by Gasteiger charge is 2.19. The molecule has 0 radical (unpaired) electrons. The Kier molecular flexibility index (Phi) is 5.86. The first-order chi connectivity index (χ1) is 20.8. The van der Waals surface area contributed by atoms with E-state index in [4.69, 9.17) is 4.98 Å². The van der Waals surface area contributed by atoms with Gasteiger partial charge in [0.05, 0.1) is 11.0 Å². The van der Waals surface area contributed by atoms with E-state index in [1.165, 1.54) is 55.1 Å². The minimum atomic E-state index is 0.994. The Bertz CT molecular complexity index is 2120. The summed E-state index contributed by atoms with van der Waals surface area (Å²) < 4.78 is 2.34. The molecular weight excluding hydrogens is 508 g/mol. The lowest BCUT2D eigenvalue weighted by atomic mass is 9.86. The summed E-state index contributed by atoms with van der Waals surface area (Å²) in [7, 11) is 0. The summed E-state index contributed by atoms with van der Waals surface area (Å²) in [6.45, 7) is 2.14. The summed E-state index contributed by atoms with van der Waals surface area (Å²) in [6.07, 6.45) is 8.68. The summed E-state index contributed by atoms with van der Waals surface area (Å²) in [6, 6.07) is 44.1. The largest absolute Gasteiger partial charge is 0.296 e. The number of fused-ring (bicyclic) bond motifs is 3. The van der Waals surface area contributed by atoms with Crippen molar-refractivity contribution in [1.29, 1.82) is 0 Å². The molecule has 1 heterocycles. The molecule has 200 valence electrons. The predicted molar refractivity (Wildman–Crippen MR) is 178 cm³/mol. The van der Waals surface area contributed by atoms with E-state index >= 15 is 0 Å². The monoisotopic (exact) mass is 538 g/mol. The van der Waals surface area contributed by atoms with Crippen LogP contribution in [0.2, 0.25) is 0 Å². The van der Waals surface area contributed by atoms with Crippen molar-refractivity contribution >= 4 is 38.3 Å². The molecule has 1 aliphatic carbocycles. The van der Waals surface area contributed by atoms with E-state index in [1.807, 2.05) is 0 Å².